The van der Waals surface area contributed by atoms with E-state index in [1.807, 2.05) is 36.4 Å². The van der Waals surface area contributed by atoms with Crippen LogP contribution in [0.1, 0.15) is 11.9 Å². The molecule has 2 heterocycles. The summed E-state index contributed by atoms with van der Waals surface area (Å²) in [4.78, 5) is 8.59. The van der Waals surface area contributed by atoms with Crippen molar-refractivity contribution in [1.29, 1.82) is 0 Å². The number of aliphatic hydroxyl groups is 1. The molecule has 0 radical (unpaired) electrons. The molecule has 6 nitrogen and oxygen atoms in total. The van der Waals surface area contributed by atoms with Gasteiger partial charge in [0.2, 0.25) is 11.7 Å². The molecule has 0 unspecified atom stereocenters. The van der Waals surface area contributed by atoms with Gasteiger partial charge in [-0.3, -0.25) is 0 Å². The Balaban J connectivity index is 2.01. The summed E-state index contributed by atoms with van der Waals surface area (Å²) in [6, 6.07) is 10.9. The van der Waals surface area contributed by atoms with Crippen molar-refractivity contribution in [3.63, 3.8) is 0 Å². The number of aromatic nitrogens is 3. The van der Waals surface area contributed by atoms with Crippen molar-refractivity contribution in [1.82, 2.24) is 15.1 Å². The zero-order valence-corrected chi connectivity index (χ0v) is 10.0. The molecule has 0 fully saturated rings. The predicted molar refractivity (Wildman–Crippen MR) is 69.0 cm³/mol. The molecule has 6 heteroatoms. The molecule has 96 valence electrons. The Kier molecular flexibility index (Phi) is 2.94. The third-order valence-corrected chi connectivity index (χ3v) is 2.78. The van der Waals surface area contributed by atoms with Crippen LogP contribution in [-0.4, -0.2) is 26.8 Å². The normalized spacial score (nSPS) is 12.7. The van der Waals surface area contributed by atoms with Crippen LogP contribution in [0.25, 0.3) is 22.4 Å². The summed E-state index contributed by atoms with van der Waals surface area (Å²) in [5.41, 5.74) is 7.08. The largest absolute Gasteiger partial charge is 0.394 e. The van der Waals surface area contributed by atoms with E-state index >= 15 is 0 Å². The Morgan fingerprint density at radius 1 is 1.16 bits per heavy atom. The fourth-order valence-electron chi connectivity index (χ4n) is 1.76. The molecule has 0 bridgehead atoms. The summed E-state index contributed by atoms with van der Waals surface area (Å²) in [6.07, 6.45) is 0. The van der Waals surface area contributed by atoms with Gasteiger partial charge in [-0.05, 0) is 12.1 Å². The summed E-state index contributed by atoms with van der Waals surface area (Å²) >= 11 is 0. The van der Waals surface area contributed by atoms with Crippen LogP contribution in [0.3, 0.4) is 0 Å². The van der Waals surface area contributed by atoms with E-state index in [4.69, 9.17) is 15.4 Å². The number of nitrogens with zero attached hydrogens (tertiary/aromatic N) is 3. The minimum Gasteiger partial charge on any atom is -0.394 e. The van der Waals surface area contributed by atoms with Gasteiger partial charge < -0.3 is 15.4 Å². The monoisotopic (exact) mass is 256 g/mol. The standard InChI is InChI=1S/C13H12N4O2/c14-9(7-18)13-16-12(17-19-13)11-6-5-8-3-1-2-4-10(8)15-11/h1-6,9,18H,7,14H2/t9-/m0/s1. The number of para-hydroxylation sites is 1. The first-order valence-corrected chi connectivity index (χ1v) is 5.84. The fraction of sp³-hybridized carbons (Fsp3) is 0.154. The van der Waals surface area contributed by atoms with Crippen molar-refractivity contribution in [2.75, 3.05) is 6.61 Å². The van der Waals surface area contributed by atoms with Crippen LogP contribution >= 0.6 is 0 Å². The van der Waals surface area contributed by atoms with Gasteiger partial charge in [0.15, 0.2) is 0 Å². The molecule has 0 aliphatic rings. The first-order chi connectivity index (χ1) is 9.28. The quantitative estimate of drug-likeness (QED) is 0.732. The predicted octanol–water partition coefficient (Wildman–Crippen LogP) is 1.28. The molecule has 1 aromatic carbocycles. The van der Waals surface area contributed by atoms with Gasteiger partial charge in [-0.1, -0.05) is 29.4 Å². The van der Waals surface area contributed by atoms with Crippen molar-refractivity contribution in [3.05, 3.63) is 42.3 Å². The summed E-state index contributed by atoms with van der Waals surface area (Å²) in [7, 11) is 0. The highest BCUT2D eigenvalue weighted by Gasteiger charge is 2.15. The molecule has 0 spiro atoms. The SMILES string of the molecule is N[C@@H](CO)c1nc(-c2ccc3ccccc3n2)no1. The smallest absolute Gasteiger partial charge is 0.246 e. The Morgan fingerprint density at radius 3 is 2.84 bits per heavy atom. The van der Waals surface area contributed by atoms with Crippen LogP contribution in [0.4, 0.5) is 0 Å². The van der Waals surface area contributed by atoms with Crippen LogP contribution in [-0.2, 0) is 0 Å². The third kappa shape index (κ3) is 2.18. The maximum Gasteiger partial charge on any atom is 0.246 e. The number of rotatable bonds is 3. The minimum absolute atomic E-state index is 0.201. The third-order valence-electron chi connectivity index (χ3n) is 2.78. The average Bonchev–Trinajstić information content (AvgIpc) is 2.95. The topological polar surface area (TPSA) is 98.1 Å². The molecular formula is C13H12N4O2. The molecule has 1 atom stereocenters. The van der Waals surface area contributed by atoms with E-state index in [2.05, 4.69) is 15.1 Å². The lowest BCUT2D eigenvalue weighted by Gasteiger charge is -1.99. The second-order valence-electron chi connectivity index (χ2n) is 4.13. The molecule has 0 saturated heterocycles. The second kappa shape index (κ2) is 4.75. The number of benzene rings is 1. The summed E-state index contributed by atoms with van der Waals surface area (Å²) in [5, 5.41) is 13.8. The summed E-state index contributed by atoms with van der Waals surface area (Å²) < 4.78 is 5.00. The highest BCUT2D eigenvalue weighted by atomic mass is 16.5. The Hall–Kier alpha value is -2.31. The number of fused-ring (bicyclic) bond motifs is 1. The Labute approximate surface area is 108 Å². The fourth-order valence-corrected chi connectivity index (χ4v) is 1.76. The molecule has 0 aliphatic heterocycles. The van der Waals surface area contributed by atoms with E-state index < -0.39 is 6.04 Å². The first-order valence-electron chi connectivity index (χ1n) is 5.84. The van der Waals surface area contributed by atoms with Crippen LogP contribution in [0.2, 0.25) is 0 Å². The van der Waals surface area contributed by atoms with E-state index in [-0.39, 0.29) is 12.5 Å². The van der Waals surface area contributed by atoms with E-state index in [1.54, 1.807) is 0 Å². The van der Waals surface area contributed by atoms with Crippen molar-refractivity contribution < 1.29 is 9.63 Å². The van der Waals surface area contributed by atoms with Crippen LogP contribution < -0.4 is 5.73 Å². The lowest BCUT2D eigenvalue weighted by Crippen LogP contribution is -2.14. The molecule has 19 heavy (non-hydrogen) atoms. The molecule has 2 aromatic heterocycles. The molecule has 3 N–H and O–H groups in total. The van der Waals surface area contributed by atoms with E-state index in [1.165, 1.54) is 0 Å². The molecule has 3 rings (SSSR count). The average molecular weight is 256 g/mol. The van der Waals surface area contributed by atoms with Crippen LogP contribution in [0, 0.1) is 0 Å². The van der Waals surface area contributed by atoms with Crippen molar-refractivity contribution in [3.8, 4) is 11.5 Å². The van der Waals surface area contributed by atoms with E-state index in [9.17, 15) is 0 Å². The van der Waals surface area contributed by atoms with Gasteiger partial charge in [0.1, 0.15) is 11.7 Å². The highest BCUT2D eigenvalue weighted by Crippen LogP contribution is 2.19. The molecular weight excluding hydrogens is 244 g/mol. The lowest BCUT2D eigenvalue weighted by molar-refractivity contribution is 0.237. The summed E-state index contributed by atoms with van der Waals surface area (Å²) in [6.45, 7) is -0.243. The minimum atomic E-state index is -0.665. The van der Waals surface area contributed by atoms with Gasteiger partial charge >= 0.3 is 0 Å². The van der Waals surface area contributed by atoms with Gasteiger partial charge in [0.25, 0.3) is 0 Å². The maximum atomic E-state index is 8.94. The van der Waals surface area contributed by atoms with E-state index in [0.29, 0.717) is 11.5 Å². The van der Waals surface area contributed by atoms with Crippen LogP contribution in [0.5, 0.6) is 0 Å². The Bertz CT molecular complexity index is 710. The molecule has 0 aliphatic carbocycles. The van der Waals surface area contributed by atoms with Crippen molar-refractivity contribution >= 4 is 10.9 Å². The van der Waals surface area contributed by atoms with Gasteiger partial charge in [-0.2, -0.15) is 4.98 Å². The highest BCUT2D eigenvalue weighted by molar-refractivity contribution is 5.80. The second-order valence-corrected chi connectivity index (χ2v) is 4.13. The maximum absolute atomic E-state index is 8.94. The number of aliphatic hydroxyl groups excluding tert-OH is 1. The zero-order valence-electron chi connectivity index (χ0n) is 10.0. The Morgan fingerprint density at radius 2 is 2.00 bits per heavy atom. The van der Waals surface area contributed by atoms with Crippen molar-refractivity contribution in [2.45, 2.75) is 6.04 Å². The summed E-state index contributed by atoms with van der Waals surface area (Å²) in [5.74, 6) is 0.567. The zero-order chi connectivity index (χ0) is 13.2. The van der Waals surface area contributed by atoms with Gasteiger partial charge in [-0.25, -0.2) is 4.98 Å². The van der Waals surface area contributed by atoms with Crippen LogP contribution in [0.15, 0.2) is 40.9 Å². The van der Waals surface area contributed by atoms with Gasteiger partial charge in [0.05, 0.1) is 12.1 Å². The number of hydrogen-bond acceptors (Lipinski definition) is 6. The molecule has 0 saturated carbocycles. The van der Waals surface area contributed by atoms with Gasteiger partial charge in [0, 0.05) is 5.39 Å². The lowest BCUT2D eigenvalue weighted by atomic mass is 10.2. The number of hydrogen-bond donors (Lipinski definition) is 2. The van der Waals surface area contributed by atoms with Gasteiger partial charge in [-0.15, -0.1) is 0 Å². The number of nitrogens with two attached hydrogens (primary N) is 1. The molecule has 3 aromatic rings. The first kappa shape index (κ1) is 11.8. The number of pyridine rings is 1. The van der Waals surface area contributed by atoms with E-state index in [0.717, 1.165) is 10.9 Å². The van der Waals surface area contributed by atoms with Crippen molar-refractivity contribution in [2.24, 2.45) is 5.73 Å². The molecule has 0 amide bonds.